The largest absolute Gasteiger partial charge is 0.326 e. The molecule has 1 N–H and O–H groups in total. The number of anilines is 1. The Hall–Kier alpha value is -3.32. The van der Waals surface area contributed by atoms with Gasteiger partial charge < -0.3 is 5.32 Å². The molecule has 0 unspecified atom stereocenters. The van der Waals surface area contributed by atoms with Crippen LogP contribution in [0.5, 0.6) is 0 Å². The maximum Gasteiger partial charge on any atom is 0.224 e. The fraction of sp³-hybridized carbons (Fsp3) is 0.136. The first-order chi connectivity index (χ1) is 14.0. The van der Waals surface area contributed by atoms with Crippen molar-refractivity contribution in [2.24, 2.45) is 0 Å². The number of nitrogens with zero attached hydrogens (tertiary/aromatic N) is 2. The van der Waals surface area contributed by atoms with Crippen LogP contribution in [0.3, 0.4) is 0 Å². The Balaban J connectivity index is 1.46. The van der Waals surface area contributed by atoms with Crippen LogP contribution in [0, 0.1) is 5.82 Å². The minimum atomic E-state index is -0.313. The summed E-state index contributed by atoms with van der Waals surface area (Å²) < 4.78 is 15.9. The summed E-state index contributed by atoms with van der Waals surface area (Å²) in [4.78, 5) is 29.1. The van der Waals surface area contributed by atoms with E-state index in [0.29, 0.717) is 28.9 Å². The van der Waals surface area contributed by atoms with Crippen molar-refractivity contribution in [2.45, 2.75) is 19.8 Å². The minimum absolute atomic E-state index is 0.0486. The van der Waals surface area contributed by atoms with Crippen LogP contribution in [-0.4, -0.2) is 21.1 Å². The molecule has 4 rings (SSSR count). The number of amides is 1. The van der Waals surface area contributed by atoms with Gasteiger partial charge in [0.05, 0.1) is 5.69 Å². The van der Waals surface area contributed by atoms with Gasteiger partial charge in [-0.1, -0.05) is 24.3 Å². The van der Waals surface area contributed by atoms with E-state index in [1.54, 1.807) is 48.7 Å². The lowest BCUT2D eigenvalue weighted by atomic mass is 10.1. The SMILES string of the molecule is CC(=O)c1cccc(NC(=O)CCc2csc3nc(-c4ccccc4F)cn23)c1. The first kappa shape index (κ1) is 19.0. The molecule has 5 nitrogen and oxygen atoms in total. The number of imidazole rings is 1. The number of fused-ring (bicyclic) bond motifs is 1. The van der Waals surface area contributed by atoms with Crippen molar-refractivity contribution in [2.75, 3.05) is 5.32 Å². The van der Waals surface area contributed by atoms with Gasteiger partial charge in [0, 0.05) is 40.5 Å². The third-order valence-corrected chi connectivity index (χ3v) is 5.48. The monoisotopic (exact) mass is 407 g/mol. The lowest BCUT2D eigenvalue weighted by Crippen LogP contribution is -2.13. The van der Waals surface area contributed by atoms with Gasteiger partial charge in [-0.3, -0.25) is 14.0 Å². The standard InChI is InChI=1S/C22H18FN3O2S/c1-14(27)15-5-4-6-16(11-15)24-21(28)10-9-17-13-29-22-25-20(12-26(17)22)18-7-2-3-8-19(18)23/h2-8,11-13H,9-10H2,1H3,(H,24,28). The van der Waals surface area contributed by atoms with E-state index in [9.17, 15) is 14.0 Å². The van der Waals surface area contributed by atoms with Gasteiger partial charge in [-0.05, 0) is 37.6 Å². The maximum atomic E-state index is 14.0. The molecule has 2 aromatic carbocycles. The van der Waals surface area contributed by atoms with Gasteiger partial charge in [-0.25, -0.2) is 9.37 Å². The van der Waals surface area contributed by atoms with Crippen molar-refractivity contribution in [3.8, 4) is 11.3 Å². The first-order valence-electron chi connectivity index (χ1n) is 9.12. The molecular weight excluding hydrogens is 389 g/mol. The van der Waals surface area contributed by atoms with E-state index in [1.165, 1.54) is 24.3 Å². The molecule has 2 aromatic heterocycles. The Morgan fingerprint density at radius 3 is 2.79 bits per heavy atom. The Morgan fingerprint density at radius 2 is 2.00 bits per heavy atom. The summed E-state index contributed by atoms with van der Waals surface area (Å²) in [6.07, 6.45) is 2.60. The molecule has 0 aliphatic heterocycles. The molecule has 1 amide bonds. The van der Waals surface area contributed by atoms with Crippen molar-refractivity contribution >= 4 is 33.7 Å². The molecule has 2 heterocycles. The average Bonchev–Trinajstić information content (AvgIpc) is 3.28. The van der Waals surface area contributed by atoms with E-state index in [4.69, 9.17) is 0 Å². The second kappa shape index (κ2) is 7.97. The second-order valence-electron chi connectivity index (χ2n) is 6.67. The Bertz CT molecular complexity index is 1210. The number of hydrogen-bond acceptors (Lipinski definition) is 4. The summed E-state index contributed by atoms with van der Waals surface area (Å²) in [7, 11) is 0. The number of aryl methyl sites for hydroxylation is 1. The first-order valence-corrected chi connectivity index (χ1v) is 10.0. The highest BCUT2D eigenvalue weighted by molar-refractivity contribution is 7.15. The number of halogens is 1. The normalized spacial score (nSPS) is 11.0. The predicted molar refractivity (Wildman–Crippen MR) is 112 cm³/mol. The Morgan fingerprint density at radius 1 is 1.17 bits per heavy atom. The molecular formula is C22H18FN3O2S. The smallest absolute Gasteiger partial charge is 0.224 e. The van der Waals surface area contributed by atoms with E-state index >= 15 is 0 Å². The number of hydrogen-bond donors (Lipinski definition) is 1. The zero-order valence-electron chi connectivity index (χ0n) is 15.7. The number of nitrogens with one attached hydrogen (secondary N) is 1. The maximum absolute atomic E-state index is 14.0. The third kappa shape index (κ3) is 4.09. The van der Waals surface area contributed by atoms with Crippen molar-refractivity contribution in [1.29, 1.82) is 0 Å². The van der Waals surface area contributed by atoms with Crippen LogP contribution in [0.4, 0.5) is 10.1 Å². The highest BCUT2D eigenvalue weighted by atomic mass is 32.1. The van der Waals surface area contributed by atoms with Gasteiger partial charge in [0.2, 0.25) is 5.91 Å². The van der Waals surface area contributed by atoms with Gasteiger partial charge in [-0.15, -0.1) is 11.3 Å². The Labute approximate surface area is 170 Å². The van der Waals surface area contributed by atoms with E-state index in [-0.39, 0.29) is 23.9 Å². The van der Waals surface area contributed by atoms with Crippen molar-refractivity contribution < 1.29 is 14.0 Å². The molecule has 0 fully saturated rings. The lowest BCUT2D eigenvalue weighted by Gasteiger charge is -2.06. The fourth-order valence-corrected chi connectivity index (χ4v) is 4.00. The van der Waals surface area contributed by atoms with Crippen LogP contribution in [0.15, 0.2) is 60.1 Å². The van der Waals surface area contributed by atoms with Crippen molar-refractivity contribution in [1.82, 2.24) is 9.38 Å². The average molecular weight is 407 g/mol. The third-order valence-electron chi connectivity index (χ3n) is 4.59. The topological polar surface area (TPSA) is 63.5 Å². The number of thiazole rings is 1. The summed E-state index contributed by atoms with van der Waals surface area (Å²) in [5, 5.41) is 4.78. The summed E-state index contributed by atoms with van der Waals surface area (Å²) in [6, 6.07) is 13.4. The zero-order valence-corrected chi connectivity index (χ0v) is 16.5. The second-order valence-corrected chi connectivity index (χ2v) is 7.51. The van der Waals surface area contributed by atoms with Gasteiger partial charge in [-0.2, -0.15) is 0 Å². The summed E-state index contributed by atoms with van der Waals surface area (Å²) in [5.74, 6) is -0.501. The highest BCUT2D eigenvalue weighted by Gasteiger charge is 2.13. The van der Waals surface area contributed by atoms with Crippen LogP contribution < -0.4 is 5.32 Å². The molecule has 0 spiro atoms. The van der Waals surface area contributed by atoms with Gasteiger partial charge in [0.1, 0.15) is 5.82 Å². The summed E-state index contributed by atoms with van der Waals surface area (Å²) >= 11 is 1.46. The van der Waals surface area contributed by atoms with E-state index in [0.717, 1.165) is 10.7 Å². The van der Waals surface area contributed by atoms with E-state index in [1.807, 2.05) is 9.78 Å². The minimum Gasteiger partial charge on any atom is -0.326 e. The zero-order chi connectivity index (χ0) is 20.4. The molecule has 0 atom stereocenters. The molecule has 0 aliphatic rings. The molecule has 0 bridgehead atoms. The molecule has 0 aliphatic carbocycles. The molecule has 0 saturated heterocycles. The van der Waals surface area contributed by atoms with Gasteiger partial charge in [0.25, 0.3) is 0 Å². The van der Waals surface area contributed by atoms with Crippen molar-refractivity contribution in [3.05, 3.63) is 77.2 Å². The number of carbonyl (C=O) groups excluding carboxylic acids is 2. The quantitative estimate of drug-likeness (QED) is 0.459. The molecule has 0 saturated carbocycles. The molecule has 4 aromatic rings. The highest BCUT2D eigenvalue weighted by Crippen LogP contribution is 2.26. The van der Waals surface area contributed by atoms with E-state index in [2.05, 4.69) is 10.3 Å². The number of ketones is 1. The Kier molecular flexibility index (Phi) is 5.22. The van der Waals surface area contributed by atoms with Crippen LogP contribution in [0.25, 0.3) is 16.2 Å². The van der Waals surface area contributed by atoms with Gasteiger partial charge in [0.15, 0.2) is 10.7 Å². The number of rotatable bonds is 6. The van der Waals surface area contributed by atoms with Crippen molar-refractivity contribution in [3.63, 3.8) is 0 Å². The molecule has 0 radical (unpaired) electrons. The number of benzene rings is 2. The van der Waals surface area contributed by atoms with Crippen LogP contribution >= 0.6 is 11.3 Å². The van der Waals surface area contributed by atoms with E-state index < -0.39 is 0 Å². The number of Topliss-reactive ketones (excluding diaryl/α,β-unsaturated/α-hetero) is 1. The van der Waals surface area contributed by atoms with Crippen LogP contribution in [0.1, 0.15) is 29.4 Å². The summed E-state index contributed by atoms with van der Waals surface area (Å²) in [5.41, 5.74) is 3.12. The summed E-state index contributed by atoms with van der Waals surface area (Å²) in [6.45, 7) is 1.49. The lowest BCUT2D eigenvalue weighted by molar-refractivity contribution is -0.116. The molecule has 29 heavy (non-hydrogen) atoms. The predicted octanol–water partition coefficient (Wildman–Crippen LogP) is 4.98. The number of aromatic nitrogens is 2. The fourth-order valence-electron chi connectivity index (χ4n) is 3.09. The number of carbonyl (C=O) groups is 2. The van der Waals surface area contributed by atoms with Crippen LogP contribution in [0.2, 0.25) is 0 Å². The molecule has 7 heteroatoms. The van der Waals surface area contributed by atoms with Gasteiger partial charge >= 0.3 is 0 Å². The van der Waals surface area contributed by atoms with Crippen LogP contribution in [-0.2, 0) is 11.2 Å². The molecule has 146 valence electrons.